The van der Waals surface area contributed by atoms with Crippen molar-refractivity contribution in [2.45, 2.75) is 25.8 Å². The number of Topliss-reactive ketones (excluding diaryl/α,β-unsaturated/α-hetero) is 1. The Labute approximate surface area is 214 Å². The highest BCUT2D eigenvalue weighted by Gasteiger charge is 2.25. The minimum absolute atomic E-state index is 0. The number of rotatable bonds is 9. The summed E-state index contributed by atoms with van der Waals surface area (Å²) in [5.41, 5.74) is 5.53. The first-order valence-electron chi connectivity index (χ1n) is 10.9. The molecule has 0 fully saturated rings. The second-order valence-corrected chi connectivity index (χ2v) is 8.76. The van der Waals surface area contributed by atoms with Gasteiger partial charge in [0, 0.05) is 18.9 Å². The Kier molecular flexibility index (Phi) is 9.31. The van der Waals surface area contributed by atoms with Gasteiger partial charge in [0.2, 0.25) is 17.8 Å². The summed E-state index contributed by atoms with van der Waals surface area (Å²) in [5.74, 6) is -0.632. The molecule has 0 spiro atoms. The van der Waals surface area contributed by atoms with Crippen molar-refractivity contribution in [1.82, 2.24) is 0 Å². The lowest BCUT2D eigenvalue weighted by atomic mass is 9.91. The minimum atomic E-state index is -0.453. The van der Waals surface area contributed by atoms with Crippen molar-refractivity contribution in [2.75, 3.05) is 6.61 Å². The fourth-order valence-corrected chi connectivity index (χ4v) is 4.78. The van der Waals surface area contributed by atoms with Gasteiger partial charge in [0.25, 0.3) is 0 Å². The minimum Gasteiger partial charge on any atom is -1.00 e. The van der Waals surface area contributed by atoms with Crippen molar-refractivity contribution in [1.29, 1.82) is 0 Å². The second kappa shape index (κ2) is 12.4. The van der Waals surface area contributed by atoms with E-state index in [1.54, 1.807) is 11.3 Å². The molecule has 0 aliphatic rings. The number of benzene rings is 3. The Balaban J connectivity index is 0.00000324. The highest BCUT2D eigenvalue weighted by Crippen LogP contribution is 2.26. The lowest BCUT2D eigenvalue weighted by molar-refractivity contribution is -0.684. The molecule has 34 heavy (non-hydrogen) atoms. The summed E-state index contributed by atoms with van der Waals surface area (Å²) in [7, 11) is 0. The van der Waals surface area contributed by atoms with Gasteiger partial charge in [-0.2, -0.15) is 4.57 Å². The fourth-order valence-electron chi connectivity index (χ4n) is 3.80. The average molecular weight is 536 g/mol. The predicted octanol–water partition coefficient (Wildman–Crippen LogP) is 2.15. The first-order valence-corrected chi connectivity index (χ1v) is 11.8. The Morgan fingerprint density at radius 3 is 1.94 bits per heavy atom. The van der Waals surface area contributed by atoms with Gasteiger partial charge in [0.05, 0.1) is 11.5 Å². The smallest absolute Gasteiger partial charge is 0.317 e. The summed E-state index contributed by atoms with van der Waals surface area (Å²) in [6.45, 7) is 2.60. The summed E-state index contributed by atoms with van der Waals surface area (Å²) < 4.78 is 7.69. The van der Waals surface area contributed by atoms with E-state index < -0.39 is 5.92 Å². The van der Waals surface area contributed by atoms with Gasteiger partial charge in [0.1, 0.15) is 5.92 Å². The van der Waals surface area contributed by atoms with Crippen LogP contribution in [0.15, 0.2) is 96.5 Å². The van der Waals surface area contributed by atoms with Gasteiger partial charge in [-0.05, 0) is 11.1 Å². The van der Waals surface area contributed by atoms with Gasteiger partial charge in [-0.15, -0.1) is 0 Å². The van der Waals surface area contributed by atoms with E-state index in [1.807, 2.05) is 108 Å². The number of aromatic nitrogens is 1. The van der Waals surface area contributed by atoms with Crippen LogP contribution in [0.4, 0.5) is 0 Å². The molecule has 0 saturated heterocycles. The van der Waals surface area contributed by atoms with Gasteiger partial charge >= 0.3 is 5.97 Å². The quantitative estimate of drug-likeness (QED) is 0.187. The zero-order chi connectivity index (χ0) is 23.0. The Bertz CT molecular complexity index is 1170. The normalized spacial score (nSPS) is 10.5. The third-order valence-electron chi connectivity index (χ3n) is 5.64. The van der Waals surface area contributed by atoms with Crippen molar-refractivity contribution in [3.8, 4) is 0 Å². The van der Waals surface area contributed by atoms with E-state index in [4.69, 9.17) is 4.74 Å². The van der Waals surface area contributed by atoms with Gasteiger partial charge in [-0.3, -0.25) is 9.59 Å². The maximum Gasteiger partial charge on any atom is 0.317 e. The maximum atomic E-state index is 13.1. The van der Waals surface area contributed by atoms with Crippen molar-refractivity contribution < 1.29 is 35.9 Å². The van der Waals surface area contributed by atoms with Crippen LogP contribution in [0.3, 0.4) is 0 Å². The number of carbonyl (C=O) groups excluding carboxylic acids is 2. The summed E-state index contributed by atoms with van der Waals surface area (Å²) in [6.07, 6.45) is 0.616. The highest BCUT2D eigenvalue weighted by molar-refractivity contribution is 7.09. The monoisotopic (exact) mass is 535 g/mol. The van der Waals surface area contributed by atoms with Crippen LogP contribution >= 0.6 is 11.3 Å². The van der Waals surface area contributed by atoms with Gasteiger partial charge in [-0.25, -0.2) is 0 Å². The molecule has 0 N–H and O–H groups in total. The van der Waals surface area contributed by atoms with Crippen molar-refractivity contribution in [3.05, 3.63) is 124 Å². The van der Waals surface area contributed by atoms with E-state index in [0.717, 1.165) is 21.7 Å². The first-order chi connectivity index (χ1) is 16.1. The van der Waals surface area contributed by atoms with Gasteiger partial charge in [-0.1, -0.05) is 102 Å². The van der Waals surface area contributed by atoms with Crippen LogP contribution < -0.4 is 21.5 Å². The highest BCUT2D eigenvalue weighted by atomic mass is 79.9. The number of thiazole rings is 1. The van der Waals surface area contributed by atoms with E-state index in [1.165, 1.54) is 0 Å². The van der Waals surface area contributed by atoms with Crippen LogP contribution in [0, 0.1) is 6.92 Å². The van der Waals surface area contributed by atoms with Crippen molar-refractivity contribution in [2.24, 2.45) is 0 Å². The lowest BCUT2D eigenvalue weighted by Crippen LogP contribution is -3.00. The van der Waals surface area contributed by atoms with E-state index in [9.17, 15) is 9.59 Å². The Hall–Kier alpha value is -3.09. The largest absolute Gasteiger partial charge is 1.00 e. The molecule has 0 radical (unpaired) electrons. The summed E-state index contributed by atoms with van der Waals surface area (Å²) in [6, 6.07) is 28.7. The summed E-state index contributed by atoms with van der Waals surface area (Å²) in [5, 5.41) is 0. The standard InChI is InChI=1S/C28H26NO3S.BrH/c1-21-26(33-20-29(21)19-25(30)22-11-5-2-6-12-22)17-18-32-28(31)27(23-13-7-3-8-14-23)24-15-9-4-10-16-24;/h2-16,20,27H,17-19H2,1H3;1H/q+1;/p-1. The molecule has 0 bridgehead atoms. The molecule has 6 heteroatoms. The van der Waals surface area contributed by atoms with E-state index in [0.29, 0.717) is 25.1 Å². The van der Waals surface area contributed by atoms with Crippen molar-refractivity contribution >= 4 is 23.1 Å². The molecule has 3 aromatic carbocycles. The number of ether oxygens (including phenoxy) is 1. The molecule has 4 nitrogen and oxygen atoms in total. The molecule has 0 atom stereocenters. The fraction of sp³-hybridized carbons (Fsp3) is 0.179. The molecule has 1 heterocycles. The lowest BCUT2D eigenvalue weighted by Gasteiger charge is -2.17. The number of carbonyl (C=O) groups is 2. The van der Waals surface area contributed by atoms with E-state index in [2.05, 4.69) is 0 Å². The molecule has 0 saturated carbocycles. The number of ketones is 1. The maximum absolute atomic E-state index is 13.1. The molecule has 0 aliphatic heterocycles. The van der Waals surface area contributed by atoms with Gasteiger partial charge in [0.15, 0.2) is 5.69 Å². The zero-order valence-corrected chi connectivity index (χ0v) is 21.3. The molecule has 0 aliphatic carbocycles. The van der Waals surface area contributed by atoms with Crippen LogP contribution in [0.1, 0.15) is 38.0 Å². The van der Waals surface area contributed by atoms with E-state index >= 15 is 0 Å². The Morgan fingerprint density at radius 2 is 1.38 bits per heavy atom. The van der Waals surface area contributed by atoms with E-state index in [-0.39, 0.29) is 28.7 Å². The molecule has 4 rings (SSSR count). The summed E-state index contributed by atoms with van der Waals surface area (Å²) >= 11 is 1.59. The Morgan fingerprint density at radius 1 is 0.853 bits per heavy atom. The number of halogens is 1. The van der Waals surface area contributed by atoms with Crippen LogP contribution in [-0.2, 0) is 22.5 Å². The number of nitrogens with zero attached hydrogens (tertiary/aromatic N) is 1. The molecular formula is C28H26BrNO3S. The second-order valence-electron chi connectivity index (χ2n) is 7.82. The first kappa shape index (κ1) is 25.5. The van der Waals surface area contributed by atoms with Crippen LogP contribution in [0.2, 0.25) is 0 Å². The molecular weight excluding hydrogens is 510 g/mol. The summed E-state index contributed by atoms with van der Waals surface area (Å²) in [4.78, 5) is 26.7. The molecule has 4 aromatic rings. The average Bonchev–Trinajstić information content (AvgIpc) is 3.20. The molecule has 174 valence electrons. The molecule has 1 aromatic heterocycles. The topological polar surface area (TPSA) is 47.2 Å². The van der Waals surface area contributed by atoms with Crippen LogP contribution in [0.5, 0.6) is 0 Å². The van der Waals surface area contributed by atoms with Crippen LogP contribution in [-0.4, -0.2) is 18.4 Å². The van der Waals surface area contributed by atoms with Gasteiger partial charge < -0.3 is 21.7 Å². The third kappa shape index (κ3) is 6.27. The number of hydrogen-bond donors (Lipinski definition) is 0. The molecule has 0 unspecified atom stereocenters. The third-order valence-corrected chi connectivity index (χ3v) is 6.79. The van der Waals surface area contributed by atoms with Crippen molar-refractivity contribution in [3.63, 3.8) is 0 Å². The molecule has 0 amide bonds. The predicted molar refractivity (Wildman–Crippen MR) is 129 cm³/mol. The number of hydrogen-bond acceptors (Lipinski definition) is 4. The zero-order valence-electron chi connectivity index (χ0n) is 18.9. The SMILES string of the molecule is Cc1c(CCOC(=O)C(c2ccccc2)c2ccccc2)sc[n+]1CC(=O)c1ccccc1.[Br-]. The van der Waals surface area contributed by atoms with Crippen LogP contribution in [0.25, 0.3) is 0 Å². The number of esters is 1.